The van der Waals surface area contributed by atoms with Gasteiger partial charge in [0, 0.05) is 31.9 Å². The highest BCUT2D eigenvalue weighted by Crippen LogP contribution is 2.32. The summed E-state index contributed by atoms with van der Waals surface area (Å²) in [6.07, 6.45) is -4.43. The number of benzene rings is 3. The van der Waals surface area contributed by atoms with Crippen molar-refractivity contribution in [3.05, 3.63) is 90.0 Å². The highest BCUT2D eigenvalue weighted by Gasteiger charge is 2.32. The molecule has 1 amide bonds. The molecule has 36 heavy (non-hydrogen) atoms. The van der Waals surface area contributed by atoms with E-state index < -0.39 is 21.8 Å². The van der Waals surface area contributed by atoms with Gasteiger partial charge >= 0.3 is 6.18 Å². The van der Waals surface area contributed by atoms with Crippen molar-refractivity contribution in [3.8, 4) is 0 Å². The molecule has 1 heterocycles. The standard InChI is InChI=1S/C26H26F3N3O3S/c1-20-10-12-22(13-11-20)32(36(34,35)24-8-3-2-4-9-24)19-25(33)31-16-14-30(15-17-31)23-7-5-6-21(18-23)26(27,28)29/h2-13,18H,14-17,19H2,1H3. The SMILES string of the molecule is Cc1ccc(N(CC(=O)N2CCN(c3cccc(C(F)(F)F)c3)CC2)S(=O)(=O)c2ccccc2)cc1. The molecule has 0 atom stereocenters. The highest BCUT2D eigenvalue weighted by molar-refractivity contribution is 7.92. The molecule has 0 radical (unpaired) electrons. The molecule has 1 saturated heterocycles. The first-order valence-corrected chi connectivity index (χ1v) is 12.8. The molecule has 10 heteroatoms. The normalized spacial score (nSPS) is 14.6. The van der Waals surface area contributed by atoms with Crippen LogP contribution in [-0.2, 0) is 21.0 Å². The van der Waals surface area contributed by atoms with E-state index in [0.717, 1.165) is 22.0 Å². The predicted molar refractivity (Wildman–Crippen MR) is 132 cm³/mol. The fourth-order valence-corrected chi connectivity index (χ4v) is 5.50. The predicted octanol–water partition coefficient (Wildman–Crippen LogP) is 4.56. The number of hydrogen-bond donors (Lipinski definition) is 0. The van der Waals surface area contributed by atoms with Gasteiger partial charge in [0.25, 0.3) is 10.0 Å². The maximum Gasteiger partial charge on any atom is 0.416 e. The van der Waals surface area contributed by atoms with E-state index in [2.05, 4.69) is 0 Å². The van der Waals surface area contributed by atoms with E-state index in [0.29, 0.717) is 24.5 Å². The summed E-state index contributed by atoms with van der Waals surface area (Å²) in [4.78, 5) is 16.6. The van der Waals surface area contributed by atoms with E-state index in [1.54, 1.807) is 58.3 Å². The summed E-state index contributed by atoms with van der Waals surface area (Å²) in [7, 11) is -4.00. The average Bonchev–Trinajstić information content (AvgIpc) is 2.88. The number of halogens is 3. The zero-order valence-electron chi connectivity index (χ0n) is 19.6. The second kappa shape index (κ2) is 10.2. The molecule has 3 aromatic carbocycles. The topological polar surface area (TPSA) is 60.9 Å². The number of hydrogen-bond acceptors (Lipinski definition) is 4. The van der Waals surface area contributed by atoms with E-state index in [9.17, 15) is 26.4 Å². The maximum atomic E-state index is 13.4. The van der Waals surface area contributed by atoms with Crippen LogP contribution in [0, 0.1) is 6.92 Å². The van der Waals surface area contributed by atoms with Gasteiger partial charge in [0.15, 0.2) is 0 Å². The molecule has 6 nitrogen and oxygen atoms in total. The lowest BCUT2D eigenvalue weighted by Gasteiger charge is -2.37. The van der Waals surface area contributed by atoms with Crippen molar-refractivity contribution < 1.29 is 26.4 Å². The Morgan fingerprint density at radius 2 is 1.53 bits per heavy atom. The molecule has 3 aromatic rings. The van der Waals surface area contributed by atoms with Gasteiger partial charge in [-0.1, -0.05) is 42.0 Å². The number of nitrogens with zero attached hydrogens (tertiary/aromatic N) is 3. The summed E-state index contributed by atoms with van der Waals surface area (Å²) in [5.74, 6) is -0.376. The molecule has 0 aliphatic carbocycles. The summed E-state index contributed by atoms with van der Waals surface area (Å²) >= 11 is 0. The maximum absolute atomic E-state index is 13.4. The van der Waals surface area contributed by atoms with Crippen molar-refractivity contribution in [2.45, 2.75) is 18.0 Å². The minimum atomic E-state index is -4.43. The van der Waals surface area contributed by atoms with Crippen LogP contribution in [-0.4, -0.2) is 51.9 Å². The van der Waals surface area contributed by atoms with Gasteiger partial charge in [-0.05, 0) is 49.4 Å². The molecular formula is C26H26F3N3O3S. The van der Waals surface area contributed by atoms with E-state index in [-0.39, 0.29) is 30.4 Å². The van der Waals surface area contributed by atoms with Gasteiger partial charge < -0.3 is 9.80 Å². The Labute approximate surface area is 208 Å². The second-order valence-electron chi connectivity index (χ2n) is 8.58. The van der Waals surface area contributed by atoms with Gasteiger partial charge in [0.05, 0.1) is 16.1 Å². The number of rotatable bonds is 6. The Balaban J connectivity index is 1.50. The first-order valence-electron chi connectivity index (χ1n) is 11.4. The smallest absolute Gasteiger partial charge is 0.368 e. The zero-order chi connectivity index (χ0) is 25.9. The van der Waals surface area contributed by atoms with Crippen LogP contribution in [0.2, 0.25) is 0 Å². The molecular weight excluding hydrogens is 491 g/mol. The summed E-state index contributed by atoms with van der Waals surface area (Å²) in [6.45, 7) is 2.70. The molecule has 0 aromatic heterocycles. The molecule has 1 fully saturated rings. The molecule has 0 saturated carbocycles. The van der Waals surface area contributed by atoms with Crippen LogP contribution in [0.25, 0.3) is 0 Å². The summed E-state index contributed by atoms with van der Waals surface area (Å²) in [5, 5.41) is 0. The highest BCUT2D eigenvalue weighted by atomic mass is 32.2. The van der Waals surface area contributed by atoms with Crippen molar-refractivity contribution in [1.29, 1.82) is 0 Å². The van der Waals surface area contributed by atoms with Gasteiger partial charge in [-0.3, -0.25) is 9.10 Å². The Kier molecular flexibility index (Phi) is 7.26. The monoisotopic (exact) mass is 517 g/mol. The Bertz CT molecular complexity index is 1310. The van der Waals surface area contributed by atoms with Crippen molar-refractivity contribution >= 4 is 27.3 Å². The van der Waals surface area contributed by atoms with Gasteiger partial charge in [0.1, 0.15) is 6.54 Å². The minimum Gasteiger partial charge on any atom is -0.368 e. The molecule has 1 aliphatic rings. The number of amides is 1. The molecule has 0 N–H and O–H groups in total. The van der Waals surface area contributed by atoms with Crippen LogP contribution in [0.15, 0.2) is 83.8 Å². The molecule has 4 rings (SSSR count). The first kappa shape index (κ1) is 25.6. The third kappa shape index (κ3) is 5.64. The Morgan fingerprint density at radius 1 is 0.889 bits per heavy atom. The number of alkyl halides is 3. The lowest BCUT2D eigenvalue weighted by molar-refractivity contribution is -0.137. The van der Waals surface area contributed by atoms with E-state index in [1.807, 2.05) is 6.92 Å². The summed E-state index contributed by atoms with van der Waals surface area (Å²) < 4.78 is 67.2. The molecule has 0 bridgehead atoms. The van der Waals surface area contributed by atoms with Crippen LogP contribution in [0.1, 0.15) is 11.1 Å². The quantitative estimate of drug-likeness (QED) is 0.481. The van der Waals surface area contributed by atoms with Crippen LogP contribution in [0.5, 0.6) is 0 Å². The lowest BCUT2D eigenvalue weighted by atomic mass is 10.1. The fraction of sp³-hybridized carbons (Fsp3) is 0.269. The zero-order valence-corrected chi connectivity index (χ0v) is 20.5. The van der Waals surface area contributed by atoms with Gasteiger partial charge in [0.2, 0.25) is 5.91 Å². The van der Waals surface area contributed by atoms with Crippen LogP contribution in [0.3, 0.4) is 0 Å². The molecule has 1 aliphatic heterocycles. The number of carbonyl (C=O) groups excluding carboxylic acids is 1. The summed E-state index contributed by atoms with van der Waals surface area (Å²) in [5.41, 5.74) is 1.04. The molecule has 190 valence electrons. The van der Waals surface area contributed by atoms with Gasteiger partial charge in [-0.15, -0.1) is 0 Å². The number of piperazine rings is 1. The van der Waals surface area contributed by atoms with E-state index in [1.165, 1.54) is 18.2 Å². The second-order valence-corrected chi connectivity index (χ2v) is 10.4. The van der Waals surface area contributed by atoms with Crippen molar-refractivity contribution in [1.82, 2.24) is 4.90 Å². The largest absolute Gasteiger partial charge is 0.416 e. The number of carbonyl (C=O) groups is 1. The minimum absolute atomic E-state index is 0.0766. The summed E-state index contributed by atoms with van der Waals surface area (Å²) in [6, 6.07) is 19.9. The fourth-order valence-electron chi connectivity index (χ4n) is 4.06. The first-order chi connectivity index (χ1) is 17.1. The molecule has 0 unspecified atom stereocenters. The number of sulfonamides is 1. The van der Waals surface area contributed by atoms with Gasteiger partial charge in [-0.25, -0.2) is 8.42 Å². The van der Waals surface area contributed by atoms with Gasteiger partial charge in [-0.2, -0.15) is 13.2 Å². The van der Waals surface area contributed by atoms with E-state index >= 15 is 0 Å². The van der Waals surface area contributed by atoms with Crippen molar-refractivity contribution in [2.75, 3.05) is 41.9 Å². The Hall–Kier alpha value is -3.53. The van der Waals surface area contributed by atoms with Crippen LogP contribution < -0.4 is 9.21 Å². The van der Waals surface area contributed by atoms with Crippen LogP contribution in [0.4, 0.5) is 24.5 Å². The van der Waals surface area contributed by atoms with Crippen molar-refractivity contribution in [3.63, 3.8) is 0 Å². The third-order valence-electron chi connectivity index (χ3n) is 6.10. The molecule has 0 spiro atoms. The lowest BCUT2D eigenvalue weighted by Crippen LogP contribution is -2.52. The van der Waals surface area contributed by atoms with E-state index in [4.69, 9.17) is 0 Å². The van der Waals surface area contributed by atoms with Crippen LogP contribution >= 0.6 is 0 Å². The number of aryl methyl sites for hydroxylation is 1. The Morgan fingerprint density at radius 3 is 2.14 bits per heavy atom. The number of anilines is 2. The van der Waals surface area contributed by atoms with Crippen molar-refractivity contribution in [2.24, 2.45) is 0 Å². The average molecular weight is 518 g/mol. The third-order valence-corrected chi connectivity index (χ3v) is 7.89.